The first kappa shape index (κ1) is 19.6. The number of benzene rings is 2. The summed E-state index contributed by atoms with van der Waals surface area (Å²) in [5, 5.41) is 2.93. The molecule has 1 amide bonds. The molecule has 0 aromatic heterocycles. The van der Waals surface area contributed by atoms with Gasteiger partial charge in [-0.2, -0.15) is 8.42 Å². The van der Waals surface area contributed by atoms with Crippen LogP contribution in [0.15, 0.2) is 51.8 Å². The second-order valence-corrected chi connectivity index (χ2v) is 9.40. The number of carbonyl (C=O) groups is 1. The minimum absolute atomic E-state index is 0.105. The van der Waals surface area contributed by atoms with Gasteiger partial charge in [-0.25, -0.2) is 0 Å². The van der Waals surface area contributed by atoms with Crippen LogP contribution in [0.5, 0.6) is 0 Å². The standard InChI is InChI=1S/C22H25N3O3S/c1-15(2)17-8-5-6-9-18(17)23-22(26)16-11-12-19-20(14-16)29(27,28)24-21-10-4-3-7-13-25(19)21/h5-6,8-9,11-12,14-15H,3-4,7,10,13H2,1-2H3,(H,23,26). The number of fused-ring (bicyclic) bond motifs is 3. The van der Waals surface area contributed by atoms with Crippen LogP contribution in [0.3, 0.4) is 0 Å². The molecule has 2 aromatic rings. The van der Waals surface area contributed by atoms with Crippen molar-refractivity contribution in [2.45, 2.75) is 50.3 Å². The fourth-order valence-corrected chi connectivity index (χ4v) is 5.21. The Morgan fingerprint density at radius 2 is 1.90 bits per heavy atom. The maximum absolute atomic E-state index is 12.9. The highest BCUT2D eigenvalue weighted by atomic mass is 32.2. The van der Waals surface area contributed by atoms with Gasteiger partial charge >= 0.3 is 0 Å². The van der Waals surface area contributed by atoms with Crippen molar-refractivity contribution >= 4 is 33.1 Å². The van der Waals surface area contributed by atoms with Gasteiger partial charge in [-0.05, 0) is 48.6 Å². The maximum atomic E-state index is 12.9. The van der Waals surface area contributed by atoms with Crippen molar-refractivity contribution in [3.8, 4) is 0 Å². The van der Waals surface area contributed by atoms with Crippen molar-refractivity contribution in [3.63, 3.8) is 0 Å². The van der Waals surface area contributed by atoms with Crippen LogP contribution in [0.1, 0.15) is 61.4 Å². The molecule has 0 bridgehead atoms. The van der Waals surface area contributed by atoms with Gasteiger partial charge in [0.05, 0.1) is 5.69 Å². The van der Waals surface area contributed by atoms with Gasteiger partial charge in [-0.3, -0.25) is 4.79 Å². The summed E-state index contributed by atoms with van der Waals surface area (Å²) in [5.74, 6) is 0.533. The first-order chi connectivity index (χ1) is 13.9. The summed E-state index contributed by atoms with van der Waals surface area (Å²) in [6.45, 7) is 4.87. The number of sulfonamides is 1. The maximum Gasteiger partial charge on any atom is 0.286 e. The first-order valence-corrected chi connectivity index (χ1v) is 11.5. The summed E-state index contributed by atoms with van der Waals surface area (Å²) in [5.41, 5.74) is 2.70. The zero-order valence-electron chi connectivity index (χ0n) is 16.7. The van der Waals surface area contributed by atoms with Crippen LogP contribution < -0.4 is 10.2 Å². The van der Waals surface area contributed by atoms with Crippen LogP contribution >= 0.6 is 0 Å². The molecule has 6 nitrogen and oxygen atoms in total. The molecule has 1 N–H and O–H groups in total. The fourth-order valence-electron chi connectivity index (χ4n) is 3.93. The molecule has 2 heterocycles. The summed E-state index contributed by atoms with van der Waals surface area (Å²) in [7, 11) is -3.81. The molecular weight excluding hydrogens is 386 g/mol. The lowest BCUT2D eigenvalue weighted by atomic mass is 10.0. The average Bonchev–Trinajstić information content (AvgIpc) is 2.93. The van der Waals surface area contributed by atoms with Crippen molar-refractivity contribution in [1.82, 2.24) is 0 Å². The second-order valence-electron chi connectivity index (χ2n) is 7.82. The van der Waals surface area contributed by atoms with Gasteiger partial charge in [-0.15, -0.1) is 4.40 Å². The third-order valence-corrected chi connectivity index (χ3v) is 6.77. The Morgan fingerprint density at radius 3 is 2.69 bits per heavy atom. The monoisotopic (exact) mass is 411 g/mol. The number of hydrogen-bond donors (Lipinski definition) is 1. The Balaban J connectivity index is 1.68. The highest BCUT2D eigenvalue weighted by molar-refractivity contribution is 7.90. The summed E-state index contributed by atoms with van der Waals surface area (Å²) in [4.78, 5) is 15.0. The average molecular weight is 412 g/mol. The molecule has 152 valence electrons. The van der Waals surface area contributed by atoms with Crippen LogP contribution in [0.2, 0.25) is 0 Å². The molecule has 0 atom stereocenters. The Kier molecular flexibility index (Phi) is 5.17. The van der Waals surface area contributed by atoms with Crippen LogP contribution in [-0.2, 0) is 10.0 Å². The van der Waals surface area contributed by atoms with E-state index < -0.39 is 10.0 Å². The zero-order valence-corrected chi connectivity index (χ0v) is 17.5. The van der Waals surface area contributed by atoms with E-state index in [9.17, 15) is 13.2 Å². The van der Waals surface area contributed by atoms with E-state index in [1.54, 1.807) is 12.1 Å². The van der Waals surface area contributed by atoms with Gasteiger partial charge in [0.2, 0.25) is 0 Å². The van der Waals surface area contributed by atoms with E-state index in [1.807, 2.05) is 29.2 Å². The smallest absolute Gasteiger partial charge is 0.286 e. The number of rotatable bonds is 3. The predicted molar refractivity (Wildman–Crippen MR) is 115 cm³/mol. The van der Waals surface area contributed by atoms with E-state index in [2.05, 4.69) is 23.6 Å². The second kappa shape index (κ2) is 7.63. The lowest BCUT2D eigenvalue weighted by Gasteiger charge is -2.29. The van der Waals surface area contributed by atoms with E-state index in [4.69, 9.17) is 0 Å². The van der Waals surface area contributed by atoms with Crippen molar-refractivity contribution in [3.05, 3.63) is 53.6 Å². The summed E-state index contributed by atoms with van der Waals surface area (Å²) < 4.78 is 29.6. The molecule has 0 radical (unpaired) electrons. The Bertz CT molecular complexity index is 1090. The van der Waals surface area contributed by atoms with Crippen LogP contribution in [0.4, 0.5) is 11.4 Å². The van der Waals surface area contributed by atoms with Crippen molar-refractivity contribution in [2.75, 3.05) is 16.8 Å². The largest absolute Gasteiger partial charge is 0.328 e. The highest BCUT2D eigenvalue weighted by Gasteiger charge is 2.32. The van der Waals surface area contributed by atoms with E-state index in [0.29, 0.717) is 23.5 Å². The number of hydrogen-bond acceptors (Lipinski definition) is 4. The predicted octanol–water partition coefficient (Wildman–Crippen LogP) is 4.54. The zero-order chi connectivity index (χ0) is 20.6. The summed E-state index contributed by atoms with van der Waals surface area (Å²) >= 11 is 0. The van der Waals surface area contributed by atoms with Gasteiger partial charge in [-0.1, -0.05) is 38.5 Å². The Morgan fingerprint density at radius 1 is 1.10 bits per heavy atom. The first-order valence-electron chi connectivity index (χ1n) is 10.0. The van der Waals surface area contributed by atoms with Gasteiger partial charge in [0.25, 0.3) is 15.9 Å². The minimum atomic E-state index is -3.81. The number of nitrogens with one attached hydrogen (secondary N) is 1. The quantitative estimate of drug-likeness (QED) is 0.804. The van der Waals surface area contributed by atoms with E-state index >= 15 is 0 Å². The Hall–Kier alpha value is -2.67. The van der Waals surface area contributed by atoms with Crippen LogP contribution in [0, 0.1) is 0 Å². The molecular formula is C22H25N3O3S. The van der Waals surface area contributed by atoms with Crippen molar-refractivity contribution in [1.29, 1.82) is 0 Å². The highest BCUT2D eigenvalue weighted by Crippen LogP contribution is 2.35. The van der Waals surface area contributed by atoms with E-state index in [0.717, 1.165) is 37.1 Å². The molecule has 2 aliphatic heterocycles. The molecule has 1 fully saturated rings. The molecule has 1 saturated heterocycles. The van der Waals surface area contributed by atoms with Gasteiger partial charge in [0.1, 0.15) is 10.7 Å². The Labute approximate surface area is 171 Å². The third-order valence-electron chi connectivity index (χ3n) is 5.44. The number of para-hydroxylation sites is 1. The van der Waals surface area contributed by atoms with Gasteiger partial charge in [0.15, 0.2) is 0 Å². The molecule has 0 unspecified atom stereocenters. The van der Waals surface area contributed by atoms with Crippen LogP contribution in [-0.4, -0.2) is 26.7 Å². The lowest BCUT2D eigenvalue weighted by molar-refractivity contribution is 0.102. The molecule has 4 rings (SSSR count). The molecule has 0 aliphatic carbocycles. The number of amidine groups is 1. The van der Waals surface area contributed by atoms with Gasteiger partial charge < -0.3 is 10.2 Å². The summed E-state index contributed by atoms with van der Waals surface area (Å²) in [6.07, 6.45) is 3.65. The third kappa shape index (κ3) is 3.79. The topological polar surface area (TPSA) is 78.8 Å². The lowest BCUT2D eigenvalue weighted by Crippen LogP contribution is -2.35. The number of nitrogens with zero attached hydrogens (tertiary/aromatic N) is 2. The van der Waals surface area contributed by atoms with Crippen LogP contribution in [0.25, 0.3) is 0 Å². The summed E-state index contributed by atoms with van der Waals surface area (Å²) in [6, 6.07) is 12.5. The fraction of sp³-hybridized carbons (Fsp3) is 0.364. The molecule has 2 aliphatic rings. The van der Waals surface area contributed by atoms with E-state index in [-0.39, 0.29) is 16.7 Å². The molecule has 0 spiro atoms. The van der Waals surface area contributed by atoms with Crippen molar-refractivity contribution in [2.24, 2.45) is 4.40 Å². The molecule has 7 heteroatoms. The number of carbonyl (C=O) groups excluding carboxylic acids is 1. The normalized spacial score (nSPS) is 17.8. The number of amides is 1. The molecule has 0 saturated carbocycles. The molecule has 2 aromatic carbocycles. The van der Waals surface area contributed by atoms with Gasteiger partial charge in [0, 0.05) is 24.2 Å². The van der Waals surface area contributed by atoms with E-state index in [1.165, 1.54) is 6.07 Å². The number of anilines is 2. The molecule has 29 heavy (non-hydrogen) atoms. The minimum Gasteiger partial charge on any atom is -0.328 e. The SMILES string of the molecule is CC(C)c1ccccc1NC(=O)c1ccc2c(c1)S(=O)(=O)N=C1CCCCCN12. The van der Waals surface area contributed by atoms with Crippen molar-refractivity contribution < 1.29 is 13.2 Å².